The molecule has 95 valence electrons. The van der Waals surface area contributed by atoms with E-state index in [4.69, 9.17) is 0 Å². The van der Waals surface area contributed by atoms with Gasteiger partial charge in [-0.1, -0.05) is 67.3 Å². The maximum Gasteiger partial charge on any atom is 0 e. The first-order valence-corrected chi connectivity index (χ1v) is 5.98. The number of rotatable bonds is 2. The maximum absolute atomic E-state index is 9.97. The topological polar surface area (TPSA) is 48.8 Å². The second-order valence-electron chi connectivity index (χ2n) is 3.99. The van der Waals surface area contributed by atoms with Crippen molar-refractivity contribution in [2.24, 2.45) is 4.99 Å². The van der Waals surface area contributed by atoms with Gasteiger partial charge in [-0.25, -0.2) is 0 Å². The van der Waals surface area contributed by atoms with E-state index in [9.17, 15) is 5.41 Å². The predicted molar refractivity (Wildman–Crippen MR) is 77.1 cm³/mol. The van der Waals surface area contributed by atoms with E-state index < -0.39 is 0 Å². The van der Waals surface area contributed by atoms with Gasteiger partial charge in [-0.2, -0.15) is 0 Å². The van der Waals surface area contributed by atoms with E-state index in [0.29, 0.717) is 11.4 Å². The number of allylic oxidation sites excluding steroid dienone is 2. The Morgan fingerprint density at radius 1 is 1.21 bits per heavy atom. The molecule has 0 fully saturated rings. The molecule has 0 bridgehead atoms. The van der Waals surface area contributed by atoms with Crippen molar-refractivity contribution in [2.75, 3.05) is 7.05 Å². The first-order chi connectivity index (χ1) is 8.81. The van der Waals surface area contributed by atoms with Gasteiger partial charge < -0.3 is 15.7 Å². The number of aliphatic imine (C=N–C) groups is 1. The van der Waals surface area contributed by atoms with Crippen LogP contribution in [0.4, 0.5) is 0 Å². The van der Waals surface area contributed by atoms with Gasteiger partial charge in [0, 0.05) is 32.7 Å². The molecule has 1 aliphatic carbocycles. The van der Waals surface area contributed by atoms with Gasteiger partial charge in [-0.3, -0.25) is 0 Å². The number of benzene rings is 1. The Bertz CT molecular complexity index is 515. The Balaban J connectivity index is 0.00000180. The van der Waals surface area contributed by atoms with Crippen molar-refractivity contribution in [3.8, 4) is 0 Å². The van der Waals surface area contributed by atoms with Crippen molar-refractivity contribution in [1.29, 1.82) is 0 Å². The number of amidine groups is 2. The minimum absolute atomic E-state index is 0. The molecule has 19 heavy (non-hydrogen) atoms. The van der Waals surface area contributed by atoms with E-state index in [2.05, 4.69) is 22.5 Å². The van der Waals surface area contributed by atoms with Crippen LogP contribution in [0.1, 0.15) is 18.4 Å². The van der Waals surface area contributed by atoms with Gasteiger partial charge in [0.05, 0.1) is 0 Å². The van der Waals surface area contributed by atoms with Crippen molar-refractivity contribution in [3.05, 3.63) is 70.4 Å². The molecule has 0 saturated carbocycles. The maximum atomic E-state index is 9.97. The molecule has 2 rings (SSSR count). The normalized spacial score (nSPS) is 14.4. The fourth-order valence-corrected chi connectivity index (χ4v) is 1.77. The molecule has 4 heteroatoms. The minimum atomic E-state index is -0.00364. The van der Waals surface area contributed by atoms with Crippen molar-refractivity contribution in [1.82, 2.24) is 0 Å². The summed E-state index contributed by atoms with van der Waals surface area (Å²) in [5.74, 6) is 0.559. The van der Waals surface area contributed by atoms with Crippen LogP contribution in [0.5, 0.6) is 0 Å². The summed E-state index contributed by atoms with van der Waals surface area (Å²) >= 11 is 0. The van der Waals surface area contributed by atoms with E-state index in [-0.39, 0.29) is 38.5 Å². The summed E-state index contributed by atoms with van der Waals surface area (Å²) in [5, 5.41) is 14.1. The Kier molecular flexibility index (Phi) is 6.89. The molecule has 0 amide bonds. The van der Waals surface area contributed by atoms with Gasteiger partial charge in [-0.15, -0.1) is 0 Å². The van der Waals surface area contributed by atoms with Crippen LogP contribution >= 0.6 is 0 Å². The summed E-state index contributed by atoms with van der Waals surface area (Å²) in [4.78, 5) is 4.19. The van der Waals surface area contributed by atoms with Gasteiger partial charge in [0.25, 0.3) is 0 Å². The molecule has 0 unspecified atom stereocenters. The molecule has 3 nitrogen and oxygen atoms in total. The molecule has 0 saturated heterocycles. The Morgan fingerprint density at radius 2 is 1.95 bits per heavy atom. The van der Waals surface area contributed by atoms with Crippen LogP contribution < -0.4 is 0 Å². The molecule has 0 aromatic heterocycles. The summed E-state index contributed by atoms with van der Waals surface area (Å²) in [7, 11) is 1.68. The molecular weight excluding hydrogens is 311 g/mol. The Labute approximate surface area is 139 Å². The van der Waals surface area contributed by atoms with Crippen molar-refractivity contribution >= 4 is 11.7 Å². The fourth-order valence-electron chi connectivity index (χ4n) is 1.77. The van der Waals surface area contributed by atoms with Gasteiger partial charge >= 0.3 is 0 Å². The largest absolute Gasteiger partial charge is 0.468 e. The van der Waals surface area contributed by atoms with Crippen molar-refractivity contribution < 1.29 is 32.7 Å². The zero-order chi connectivity index (χ0) is 12.8. The predicted octanol–water partition coefficient (Wildman–Crippen LogP) is 3.68. The Hall–Kier alpha value is -1.06. The molecule has 1 aliphatic rings. The quantitative estimate of drug-likeness (QED) is 0.588. The van der Waals surface area contributed by atoms with Crippen LogP contribution in [0.3, 0.4) is 0 Å². The minimum Gasteiger partial charge on any atom is -0.468 e. The Morgan fingerprint density at radius 3 is 2.53 bits per heavy atom. The van der Waals surface area contributed by atoms with Crippen molar-refractivity contribution in [2.45, 2.75) is 12.8 Å². The SMILES string of the molecule is C[N-]C(=NC(=[N-])c1ccccc1)C1=CCCC=C1.[Y]. The fraction of sp³-hybridized carbons (Fsp3) is 0.200. The first kappa shape index (κ1) is 16.0. The van der Waals surface area contributed by atoms with Crippen LogP contribution in [0.25, 0.3) is 10.7 Å². The molecule has 0 spiro atoms. The van der Waals surface area contributed by atoms with Gasteiger partial charge in [-0.05, 0) is 24.0 Å². The van der Waals surface area contributed by atoms with E-state index in [1.165, 1.54) is 0 Å². The summed E-state index contributed by atoms with van der Waals surface area (Å²) in [6.07, 6.45) is 8.22. The smallest absolute Gasteiger partial charge is 0 e. The van der Waals surface area contributed by atoms with Gasteiger partial charge in [0.2, 0.25) is 0 Å². The second-order valence-corrected chi connectivity index (χ2v) is 3.99. The summed E-state index contributed by atoms with van der Waals surface area (Å²) < 4.78 is 0. The van der Waals surface area contributed by atoms with Crippen LogP contribution in [-0.2, 0) is 32.7 Å². The van der Waals surface area contributed by atoms with E-state index in [0.717, 1.165) is 18.4 Å². The van der Waals surface area contributed by atoms with Crippen molar-refractivity contribution in [3.63, 3.8) is 0 Å². The van der Waals surface area contributed by atoms with Gasteiger partial charge in [0.1, 0.15) is 0 Å². The molecule has 0 atom stereocenters. The average molecular weight is 326 g/mol. The molecule has 1 aromatic rings. The number of likely N-dealkylation sites (N-methyl/N-ethyl adjacent to an activating group) is 1. The summed E-state index contributed by atoms with van der Waals surface area (Å²) in [6, 6.07) is 9.26. The number of hydrogen-bond donors (Lipinski definition) is 0. The monoisotopic (exact) mass is 326 g/mol. The summed E-state index contributed by atoms with van der Waals surface area (Å²) in [6.45, 7) is 0. The van der Waals surface area contributed by atoms with Crippen LogP contribution in [-0.4, -0.2) is 18.7 Å². The first-order valence-electron chi connectivity index (χ1n) is 5.98. The third-order valence-electron chi connectivity index (χ3n) is 2.71. The summed E-state index contributed by atoms with van der Waals surface area (Å²) in [5.41, 5.74) is 1.66. The zero-order valence-electron chi connectivity index (χ0n) is 11.0. The van der Waals surface area contributed by atoms with Crippen LogP contribution in [0.15, 0.2) is 59.1 Å². The molecular formula is C15H15N3Y-2. The zero-order valence-corrected chi connectivity index (χ0v) is 13.8. The molecule has 0 aliphatic heterocycles. The second kappa shape index (κ2) is 8.18. The van der Waals surface area contributed by atoms with Crippen LogP contribution in [0, 0.1) is 0 Å². The average Bonchev–Trinajstić information content (AvgIpc) is 2.46. The van der Waals surface area contributed by atoms with Crippen LogP contribution in [0.2, 0.25) is 0 Å². The number of nitrogens with zero attached hydrogens (tertiary/aromatic N) is 3. The van der Waals surface area contributed by atoms with E-state index >= 15 is 0 Å². The molecule has 1 aromatic carbocycles. The molecule has 0 N–H and O–H groups in total. The third-order valence-corrected chi connectivity index (χ3v) is 2.71. The standard InChI is InChI=1S/C15H15N3.Y/c1-17-15(13-10-6-3-7-11-13)18-14(16)12-8-4-2-5-9-12;/h2,4-6,8-11H,3,7H2,1H3;/q-2;. The number of hydrogen-bond acceptors (Lipinski definition) is 0. The molecule has 0 heterocycles. The molecule has 1 radical (unpaired) electrons. The third kappa shape index (κ3) is 4.52. The van der Waals surface area contributed by atoms with E-state index in [1.54, 1.807) is 7.05 Å². The van der Waals surface area contributed by atoms with Gasteiger partial charge in [0.15, 0.2) is 0 Å². The van der Waals surface area contributed by atoms with E-state index in [1.807, 2.05) is 36.4 Å².